The molecule has 28 heavy (non-hydrogen) atoms. The predicted molar refractivity (Wildman–Crippen MR) is 98.2 cm³/mol. The van der Waals surface area contributed by atoms with Crippen molar-refractivity contribution >= 4 is 21.9 Å². The molecule has 4 rings (SSSR count). The fraction of sp³-hybridized carbons (Fsp3) is 0.263. The highest BCUT2D eigenvalue weighted by Crippen LogP contribution is 2.43. The van der Waals surface area contributed by atoms with E-state index in [1.807, 2.05) is 0 Å². The van der Waals surface area contributed by atoms with Crippen LogP contribution in [0.3, 0.4) is 0 Å². The maximum atomic E-state index is 12.4. The van der Waals surface area contributed by atoms with Gasteiger partial charge in [0.1, 0.15) is 17.1 Å². The number of hydrogen-bond donors (Lipinski definition) is 2. The van der Waals surface area contributed by atoms with E-state index in [-0.39, 0.29) is 17.2 Å². The first-order valence-corrected chi connectivity index (χ1v) is 10.1. The molecule has 9 heteroatoms. The maximum absolute atomic E-state index is 12.4. The lowest BCUT2D eigenvalue weighted by Gasteiger charge is -2.26. The fourth-order valence-electron chi connectivity index (χ4n) is 3.52. The molecule has 0 bridgehead atoms. The van der Waals surface area contributed by atoms with Gasteiger partial charge in [0, 0.05) is 12.0 Å². The number of nitrogens with two attached hydrogens (primary N) is 1. The van der Waals surface area contributed by atoms with Crippen molar-refractivity contribution in [2.24, 2.45) is 5.14 Å². The number of sulfonamides is 1. The van der Waals surface area contributed by atoms with Crippen LogP contribution in [0, 0.1) is 0 Å². The van der Waals surface area contributed by atoms with Crippen LogP contribution in [0.2, 0.25) is 0 Å². The molecule has 1 amide bonds. The van der Waals surface area contributed by atoms with Gasteiger partial charge < -0.3 is 14.5 Å². The molecule has 8 nitrogen and oxygen atoms in total. The molecule has 2 aliphatic rings. The topological polar surface area (TPSA) is 129 Å². The van der Waals surface area contributed by atoms with Gasteiger partial charge in [0.25, 0.3) is 0 Å². The summed E-state index contributed by atoms with van der Waals surface area (Å²) in [5.74, 6) is -0.293. The average Bonchev–Trinajstić information content (AvgIpc) is 3.17. The number of nitrogens with one attached hydrogen (secondary N) is 1. The van der Waals surface area contributed by atoms with E-state index in [1.165, 1.54) is 12.1 Å². The van der Waals surface area contributed by atoms with Crippen molar-refractivity contribution in [3.8, 4) is 11.3 Å². The van der Waals surface area contributed by atoms with Crippen molar-refractivity contribution in [2.45, 2.75) is 36.7 Å². The molecule has 0 unspecified atom stereocenters. The number of carbonyl (C=O) groups excluding carboxylic acids is 2. The van der Waals surface area contributed by atoms with Gasteiger partial charge in [-0.25, -0.2) is 18.4 Å². The number of benzene rings is 1. The first kappa shape index (κ1) is 18.5. The lowest BCUT2D eigenvalue weighted by Crippen LogP contribution is -2.38. The van der Waals surface area contributed by atoms with Crippen molar-refractivity contribution in [2.75, 3.05) is 0 Å². The molecule has 3 N–H and O–H groups in total. The fourth-order valence-corrected chi connectivity index (χ4v) is 4.04. The molecule has 0 fully saturated rings. The molecule has 0 aliphatic carbocycles. The number of carbonyl (C=O) groups is 2. The number of hydrogen-bond acceptors (Lipinski definition) is 6. The molecule has 0 saturated carbocycles. The molecule has 146 valence electrons. The van der Waals surface area contributed by atoms with E-state index in [2.05, 4.69) is 5.32 Å². The number of primary sulfonamides is 1. The van der Waals surface area contributed by atoms with Crippen LogP contribution in [0.25, 0.3) is 11.3 Å². The van der Waals surface area contributed by atoms with Gasteiger partial charge >= 0.3 is 5.97 Å². The van der Waals surface area contributed by atoms with E-state index in [4.69, 9.17) is 14.3 Å². The number of esters is 1. The Labute approximate surface area is 161 Å². The number of furan rings is 1. The second kappa shape index (κ2) is 6.05. The lowest BCUT2D eigenvalue weighted by molar-refractivity contribution is -0.144. The van der Waals surface area contributed by atoms with E-state index in [0.29, 0.717) is 28.4 Å². The highest BCUT2D eigenvalue weighted by Gasteiger charge is 2.48. The molecule has 2 aliphatic heterocycles. The highest BCUT2D eigenvalue weighted by atomic mass is 32.2. The van der Waals surface area contributed by atoms with E-state index in [9.17, 15) is 18.0 Å². The zero-order valence-corrected chi connectivity index (χ0v) is 16.0. The van der Waals surface area contributed by atoms with Crippen LogP contribution < -0.4 is 10.5 Å². The maximum Gasteiger partial charge on any atom is 0.337 e. The third-order valence-electron chi connectivity index (χ3n) is 4.88. The quantitative estimate of drug-likeness (QED) is 0.753. The summed E-state index contributed by atoms with van der Waals surface area (Å²) in [5.41, 5.74) is 0.603. The summed E-state index contributed by atoms with van der Waals surface area (Å²) in [7, 11) is -3.78. The number of amides is 1. The van der Waals surface area contributed by atoms with Crippen LogP contribution >= 0.6 is 0 Å². The Kier molecular flexibility index (Phi) is 3.98. The minimum atomic E-state index is -3.78. The van der Waals surface area contributed by atoms with Gasteiger partial charge in [-0.1, -0.05) is 0 Å². The van der Waals surface area contributed by atoms with Crippen LogP contribution in [0.4, 0.5) is 0 Å². The summed E-state index contributed by atoms with van der Waals surface area (Å²) < 4.78 is 34.1. The van der Waals surface area contributed by atoms with Gasteiger partial charge in [0.15, 0.2) is 0 Å². The average molecular weight is 402 g/mol. The number of ether oxygens (including phenoxy) is 1. The summed E-state index contributed by atoms with van der Waals surface area (Å²) in [5, 5.41) is 7.85. The summed E-state index contributed by atoms with van der Waals surface area (Å²) >= 11 is 0. The van der Waals surface area contributed by atoms with Gasteiger partial charge in [-0.2, -0.15) is 0 Å². The summed E-state index contributed by atoms with van der Waals surface area (Å²) in [6, 6.07) is 9.34. The molecular formula is C19H18N2O6S. The summed E-state index contributed by atoms with van der Waals surface area (Å²) in [6.07, 6.45) is 0.0708. The minimum Gasteiger partial charge on any atom is -0.460 e. The van der Waals surface area contributed by atoms with E-state index >= 15 is 0 Å². The molecule has 2 aromatic rings. The van der Waals surface area contributed by atoms with Crippen molar-refractivity contribution in [1.82, 2.24) is 5.32 Å². The first-order valence-electron chi connectivity index (χ1n) is 8.57. The molecule has 1 aromatic carbocycles. The molecular weight excluding hydrogens is 384 g/mol. The third-order valence-corrected chi connectivity index (χ3v) is 5.81. The first-order chi connectivity index (χ1) is 13.1. The van der Waals surface area contributed by atoms with E-state index in [0.717, 1.165) is 0 Å². The van der Waals surface area contributed by atoms with Crippen molar-refractivity contribution in [3.05, 3.63) is 53.4 Å². The Morgan fingerprint density at radius 2 is 1.79 bits per heavy atom. The molecule has 0 saturated heterocycles. The molecule has 0 radical (unpaired) electrons. The van der Waals surface area contributed by atoms with Gasteiger partial charge in [-0.15, -0.1) is 0 Å². The van der Waals surface area contributed by atoms with E-state index in [1.54, 1.807) is 38.1 Å². The van der Waals surface area contributed by atoms with Crippen molar-refractivity contribution in [1.29, 1.82) is 0 Å². The summed E-state index contributed by atoms with van der Waals surface area (Å²) in [6.45, 7) is 3.44. The second-order valence-corrected chi connectivity index (χ2v) is 8.83. The van der Waals surface area contributed by atoms with Crippen LogP contribution in [0.15, 0.2) is 57.0 Å². The second-order valence-electron chi connectivity index (χ2n) is 7.26. The molecule has 1 atom stereocenters. The van der Waals surface area contributed by atoms with Gasteiger partial charge in [0.2, 0.25) is 15.9 Å². The highest BCUT2D eigenvalue weighted by molar-refractivity contribution is 7.89. The largest absolute Gasteiger partial charge is 0.460 e. The Hall–Kier alpha value is -2.91. The Morgan fingerprint density at radius 1 is 1.11 bits per heavy atom. The minimum absolute atomic E-state index is 0.00212. The van der Waals surface area contributed by atoms with Crippen LogP contribution in [-0.2, 0) is 24.3 Å². The molecule has 0 spiro atoms. The van der Waals surface area contributed by atoms with Crippen molar-refractivity contribution in [3.63, 3.8) is 0 Å². The third kappa shape index (κ3) is 3.02. The summed E-state index contributed by atoms with van der Waals surface area (Å²) in [4.78, 5) is 24.5. The van der Waals surface area contributed by atoms with Crippen LogP contribution in [-0.4, -0.2) is 25.9 Å². The smallest absolute Gasteiger partial charge is 0.337 e. The van der Waals surface area contributed by atoms with Crippen LogP contribution in [0.1, 0.15) is 31.9 Å². The van der Waals surface area contributed by atoms with Crippen molar-refractivity contribution < 1.29 is 27.2 Å². The lowest BCUT2D eigenvalue weighted by atomic mass is 9.86. The van der Waals surface area contributed by atoms with Gasteiger partial charge in [-0.05, 0) is 50.2 Å². The zero-order valence-electron chi connectivity index (χ0n) is 15.2. The zero-order chi connectivity index (χ0) is 20.3. The Morgan fingerprint density at radius 3 is 2.43 bits per heavy atom. The standard InChI is InChI=1S/C19H18N2O6S/c1-19(2)17-16(18(23)27-19)12(9-15(22)21-17)14-8-7-13(26-14)10-3-5-11(6-4-10)28(20,24)25/h3-8,12H,9H2,1-2H3,(H,21,22)(H2,20,24,25)/t12-/m1/s1. The number of rotatable bonds is 3. The normalized spacial score (nSPS) is 21.3. The SMILES string of the molecule is CC1(C)OC(=O)C2=C1NC(=O)C[C@@H]2c1ccc(-c2ccc(S(N)(=O)=O)cc2)o1. The molecule has 3 heterocycles. The monoisotopic (exact) mass is 402 g/mol. The number of cyclic esters (lactones) is 1. The Balaban J connectivity index is 1.70. The van der Waals surface area contributed by atoms with Crippen LogP contribution in [0.5, 0.6) is 0 Å². The van der Waals surface area contributed by atoms with Gasteiger partial charge in [-0.3, -0.25) is 4.79 Å². The Bertz CT molecular complexity index is 1130. The van der Waals surface area contributed by atoms with Gasteiger partial charge in [0.05, 0.1) is 22.1 Å². The van der Waals surface area contributed by atoms with E-state index < -0.39 is 27.5 Å². The predicted octanol–water partition coefficient (Wildman–Crippen LogP) is 1.79. The molecule has 1 aromatic heterocycles.